The summed E-state index contributed by atoms with van der Waals surface area (Å²) in [5, 5.41) is 15.4. The van der Waals surface area contributed by atoms with Crippen LogP contribution in [0.2, 0.25) is 0 Å². The lowest BCUT2D eigenvalue weighted by molar-refractivity contribution is -0.113. The third-order valence-corrected chi connectivity index (χ3v) is 5.38. The summed E-state index contributed by atoms with van der Waals surface area (Å²) in [4.78, 5) is 12.4. The first-order chi connectivity index (χ1) is 14.1. The molecule has 1 aliphatic rings. The number of anilines is 1. The van der Waals surface area contributed by atoms with Gasteiger partial charge >= 0.3 is 0 Å². The molecule has 0 fully saturated rings. The van der Waals surface area contributed by atoms with Crippen LogP contribution in [-0.4, -0.2) is 45.1 Å². The minimum Gasteiger partial charge on any atom is -0.490 e. The molecule has 0 saturated carbocycles. The van der Waals surface area contributed by atoms with Crippen molar-refractivity contribution in [3.8, 4) is 17.2 Å². The summed E-state index contributed by atoms with van der Waals surface area (Å²) >= 11 is 1.28. The predicted octanol–water partition coefficient (Wildman–Crippen LogP) is 3.17. The highest BCUT2D eigenvalue weighted by atomic mass is 32.2. The summed E-state index contributed by atoms with van der Waals surface area (Å²) in [6.45, 7) is 5.25. The van der Waals surface area contributed by atoms with Crippen LogP contribution >= 0.6 is 11.8 Å². The van der Waals surface area contributed by atoms with E-state index >= 15 is 0 Å². The minimum atomic E-state index is -0.152. The lowest BCUT2D eigenvalue weighted by Crippen LogP contribution is -2.15. The van der Waals surface area contributed by atoms with Crippen molar-refractivity contribution in [1.29, 1.82) is 0 Å². The molecular formula is C20H21N5O3S. The van der Waals surface area contributed by atoms with Gasteiger partial charge in [0.1, 0.15) is 0 Å². The van der Waals surface area contributed by atoms with Crippen molar-refractivity contribution in [2.75, 3.05) is 24.3 Å². The molecule has 0 saturated heterocycles. The second-order valence-electron chi connectivity index (χ2n) is 6.66. The number of carbonyl (C=O) groups is 1. The summed E-state index contributed by atoms with van der Waals surface area (Å²) in [5.41, 5.74) is 3.73. The van der Waals surface area contributed by atoms with Crippen molar-refractivity contribution in [2.45, 2.75) is 25.4 Å². The number of amides is 1. The number of thioether (sulfide) groups is 1. The number of rotatable bonds is 5. The first-order valence-electron chi connectivity index (χ1n) is 9.29. The number of ether oxygens (including phenoxy) is 2. The zero-order valence-electron chi connectivity index (χ0n) is 16.2. The number of aromatic nitrogens is 4. The second-order valence-corrected chi connectivity index (χ2v) is 7.61. The smallest absolute Gasteiger partial charge is 0.234 e. The Morgan fingerprint density at radius 3 is 2.69 bits per heavy atom. The summed E-state index contributed by atoms with van der Waals surface area (Å²) in [7, 11) is 0. The van der Waals surface area contributed by atoms with Gasteiger partial charge in [0.2, 0.25) is 11.1 Å². The number of tetrazole rings is 1. The first kappa shape index (κ1) is 19.3. The number of hydrogen-bond donors (Lipinski definition) is 1. The molecule has 0 aliphatic carbocycles. The third-order valence-electron chi connectivity index (χ3n) is 4.46. The van der Waals surface area contributed by atoms with Crippen molar-refractivity contribution in [3.05, 3.63) is 47.5 Å². The van der Waals surface area contributed by atoms with Gasteiger partial charge in [-0.2, -0.15) is 4.68 Å². The lowest BCUT2D eigenvalue weighted by atomic mass is 10.1. The second kappa shape index (κ2) is 8.52. The molecule has 4 rings (SSSR count). The summed E-state index contributed by atoms with van der Waals surface area (Å²) < 4.78 is 13.0. The van der Waals surface area contributed by atoms with Crippen LogP contribution in [0.15, 0.2) is 41.6 Å². The number of nitrogens with zero attached hydrogens (tertiary/aromatic N) is 4. The molecule has 2 aromatic carbocycles. The molecule has 9 heteroatoms. The van der Waals surface area contributed by atoms with Crippen LogP contribution < -0.4 is 14.8 Å². The maximum atomic E-state index is 12.4. The Morgan fingerprint density at radius 2 is 1.90 bits per heavy atom. The van der Waals surface area contributed by atoms with Crippen LogP contribution in [0.1, 0.15) is 17.5 Å². The van der Waals surface area contributed by atoms with Gasteiger partial charge in [0.15, 0.2) is 11.5 Å². The molecule has 3 aromatic rings. The quantitative estimate of drug-likeness (QED) is 0.645. The molecule has 8 nitrogen and oxygen atoms in total. The van der Waals surface area contributed by atoms with E-state index in [4.69, 9.17) is 9.47 Å². The Labute approximate surface area is 172 Å². The van der Waals surface area contributed by atoms with E-state index in [-0.39, 0.29) is 11.7 Å². The number of benzene rings is 2. The van der Waals surface area contributed by atoms with E-state index < -0.39 is 0 Å². The van der Waals surface area contributed by atoms with Gasteiger partial charge < -0.3 is 14.8 Å². The Morgan fingerprint density at radius 1 is 1.14 bits per heavy atom. The highest BCUT2D eigenvalue weighted by Gasteiger charge is 2.16. The van der Waals surface area contributed by atoms with E-state index in [0.29, 0.717) is 35.6 Å². The third kappa shape index (κ3) is 4.34. The molecule has 2 heterocycles. The minimum absolute atomic E-state index is 0.152. The molecule has 0 spiro atoms. The van der Waals surface area contributed by atoms with Crippen LogP contribution in [0.3, 0.4) is 0 Å². The molecule has 0 radical (unpaired) electrons. The van der Waals surface area contributed by atoms with Crippen LogP contribution in [0, 0.1) is 13.8 Å². The van der Waals surface area contributed by atoms with Gasteiger partial charge in [-0.3, -0.25) is 4.79 Å². The van der Waals surface area contributed by atoms with Crippen LogP contribution in [0.4, 0.5) is 5.69 Å². The molecule has 1 aromatic heterocycles. The fourth-order valence-electron chi connectivity index (χ4n) is 3.12. The van der Waals surface area contributed by atoms with Gasteiger partial charge in [-0.1, -0.05) is 30.0 Å². The fourth-order valence-corrected chi connectivity index (χ4v) is 3.79. The topological polar surface area (TPSA) is 91.2 Å². The van der Waals surface area contributed by atoms with Crippen molar-refractivity contribution < 1.29 is 14.3 Å². The number of fused-ring (bicyclic) bond motifs is 1. The maximum absolute atomic E-state index is 12.4. The Hall–Kier alpha value is -3.07. The van der Waals surface area contributed by atoms with Gasteiger partial charge in [-0.25, -0.2) is 0 Å². The lowest BCUT2D eigenvalue weighted by Gasteiger charge is -2.11. The predicted molar refractivity (Wildman–Crippen MR) is 110 cm³/mol. The molecule has 0 atom stereocenters. The van der Waals surface area contributed by atoms with Crippen LogP contribution in [0.25, 0.3) is 5.69 Å². The van der Waals surface area contributed by atoms with Crippen molar-refractivity contribution in [2.24, 2.45) is 0 Å². The van der Waals surface area contributed by atoms with Gasteiger partial charge in [0.05, 0.1) is 24.7 Å². The van der Waals surface area contributed by atoms with Crippen molar-refractivity contribution in [1.82, 2.24) is 20.2 Å². The number of aryl methyl sites for hydroxylation is 2. The average Bonchev–Trinajstić information content (AvgIpc) is 3.02. The first-order valence-corrected chi connectivity index (χ1v) is 10.3. The van der Waals surface area contributed by atoms with Crippen LogP contribution in [0.5, 0.6) is 11.5 Å². The van der Waals surface area contributed by atoms with Gasteiger partial charge in [0, 0.05) is 18.2 Å². The Balaban J connectivity index is 1.43. The highest BCUT2D eigenvalue weighted by Crippen LogP contribution is 2.32. The molecule has 150 valence electrons. The largest absolute Gasteiger partial charge is 0.490 e. The number of carbonyl (C=O) groups excluding carboxylic acids is 1. The zero-order chi connectivity index (χ0) is 20.2. The average molecular weight is 411 g/mol. The maximum Gasteiger partial charge on any atom is 0.234 e. The summed E-state index contributed by atoms with van der Waals surface area (Å²) in [5.74, 6) is 1.37. The number of nitrogens with one attached hydrogen (secondary N) is 1. The Bertz CT molecular complexity index is 1020. The van der Waals surface area contributed by atoms with Crippen LogP contribution in [-0.2, 0) is 4.79 Å². The molecule has 1 N–H and O–H groups in total. The molecule has 1 aliphatic heterocycles. The normalized spacial score (nSPS) is 13.0. The van der Waals surface area contributed by atoms with Gasteiger partial charge in [0.25, 0.3) is 0 Å². The van der Waals surface area contributed by atoms with Gasteiger partial charge in [-0.15, -0.1) is 5.10 Å². The van der Waals surface area contributed by atoms with E-state index in [1.54, 1.807) is 16.8 Å². The summed E-state index contributed by atoms with van der Waals surface area (Å²) in [6.07, 6.45) is 0.835. The number of hydrogen-bond acceptors (Lipinski definition) is 7. The molecule has 29 heavy (non-hydrogen) atoms. The standard InChI is InChI=1S/C20H21N5O3S/c1-13-5-3-6-14(2)19(13)25-20(22-23-24-25)29-12-18(26)21-15-7-8-16-17(11-15)28-10-4-9-27-16/h3,5-8,11H,4,9-10,12H2,1-2H3,(H,21,26). The monoisotopic (exact) mass is 411 g/mol. The van der Waals surface area contributed by atoms with Gasteiger partial charge in [-0.05, 0) is 47.5 Å². The SMILES string of the molecule is Cc1cccc(C)c1-n1nnnc1SCC(=O)Nc1ccc2c(c1)OCCCO2. The van der Waals surface area contributed by atoms with Crippen molar-refractivity contribution >= 4 is 23.4 Å². The van der Waals surface area contributed by atoms with E-state index in [0.717, 1.165) is 23.2 Å². The molecule has 0 bridgehead atoms. The highest BCUT2D eigenvalue weighted by molar-refractivity contribution is 7.99. The van der Waals surface area contributed by atoms with E-state index in [2.05, 4.69) is 20.8 Å². The number of para-hydroxylation sites is 1. The van der Waals surface area contributed by atoms with E-state index in [1.165, 1.54) is 11.8 Å². The van der Waals surface area contributed by atoms with E-state index in [1.807, 2.05) is 38.1 Å². The molecular weight excluding hydrogens is 390 g/mol. The van der Waals surface area contributed by atoms with Crippen molar-refractivity contribution in [3.63, 3.8) is 0 Å². The van der Waals surface area contributed by atoms with E-state index in [9.17, 15) is 4.79 Å². The molecule has 0 unspecified atom stereocenters. The summed E-state index contributed by atoms with van der Waals surface area (Å²) in [6, 6.07) is 11.4. The zero-order valence-corrected chi connectivity index (χ0v) is 17.0. The Kier molecular flexibility index (Phi) is 5.66. The molecule has 1 amide bonds. The fraction of sp³-hybridized carbons (Fsp3) is 0.300.